The molecule has 30 heavy (non-hydrogen) atoms. The molecule has 0 saturated carbocycles. The third-order valence-corrected chi connectivity index (χ3v) is 5.66. The van der Waals surface area contributed by atoms with Crippen LogP contribution in [0.3, 0.4) is 0 Å². The first kappa shape index (κ1) is 23.5. The van der Waals surface area contributed by atoms with Gasteiger partial charge in [0.2, 0.25) is 5.91 Å². The van der Waals surface area contributed by atoms with Crippen molar-refractivity contribution in [3.05, 3.63) is 44.8 Å². The number of carbonyl (C=O) groups is 3. The Labute approximate surface area is 182 Å². The van der Waals surface area contributed by atoms with Gasteiger partial charge in [0.05, 0.1) is 9.83 Å². The van der Waals surface area contributed by atoms with Gasteiger partial charge < -0.3 is 10.4 Å². The first-order valence-corrected chi connectivity index (χ1v) is 10.4. The zero-order valence-corrected chi connectivity index (χ0v) is 17.8. The molecular formula is C19H21N3O6S2. The van der Waals surface area contributed by atoms with Gasteiger partial charge in [0.25, 0.3) is 11.6 Å². The van der Waals surface area contributed by atoms with Crippen molar-refractivity contribution >= 4 is 57.8 Å². The normalized spacial score (nSPS) is 16.0. The number of carboxylic acids is 1. The van der Waals surface area contributed by atoms with Crippen LogP contribution in [0.4, 0.5) is 5.69 Å². The minimum atomic E-state index is -1.09. The van der Waals surface area contributed by atoms with Gasteiger partial charge in [-0.3, -0.25) is 29.4 Å². The predicted molar refractivity (Wildman–Crippen MR) is 117 cm³/mol. The van der Waals surface area contributed by atoms with E-state index in [1.54, 1.807) is 18.2 Å². The minimum absolute atomic E-state index is 0.0546. The third-order valence-electron chi connectivity index (χ3n) is 4.29. The summed E-state index contributed by atoms with van der Waals surface area (Å²) in [5.74, 6) is -1.66. The lowest BCUT2D eigenvalue weighted by Crippen LogP contribution is -2.38. The number of carboxylic acid groups (broad SMARTS) is 1. The Bertz CT molecular complexity index is 902. The second kappa shape index (κ2) is 10.8. The highest BCUT2D eigenvalue weighted by atomic mass is 32.2. The Balaban J connectivity index is 1.83. The smallest absolute Gasteiger partial charge is 0.325 e. The number of nitro groups is 1. The second-order valence-electron chi connectivity index (χ2n) is 6.62. The molecule has 9 nitrogen and oxygen atoms in total. The van der Waals surface area contributed by atoms with Crippen molar-refractivity contribution in [3.8, 4) is 0 Å². The van der Waals surface area contributed by atoms with E-state index in [-0.39, 0.29) is 23.9 Å². The molecule has 1 unspecified atom stereocenters. The SMILES string of the molecule is CC(NC(=O)CCCCCN1C(=O)/C(=C/c2cccc([N+](=O)[O-])c2)SC1=S)C(=O)O. The molecule has 1 aliphatic heterocycles. The first-order valence-electron chi connectivity index (χ1n) is 9.21. The second-order valence-corrected chi connectivity index (χ2v) is 8.30. The molecule has 2 N–H and O–H groups in total. The average molecular weight is 452 g/mol. The van der Waals surface area contributed by atoms with Crippen molar-refractivity contribution in [2.75, 3.05) is 6.54 Å². The van der Waals surface area contributed by atoms with Gasteiger partial charge >= 0.3 is 5.97 Å². The third kappa shape index (κ3) is 6.63. The van der Waals surface area contributed by atoms with Crippen LogP contribution in [0.15, 0.2) is 29.2 Å². The zero-order chi connectivity index (χ0) is 22.3. The van der Waals surface area contributed by atoms with Crippen molar-refractivity contribution < 1.29 is 24.4 Å². The molecule has 1 aromatic rings. The first-order chi connectivity index (χ1) is 14.2. The fourth-order valence-electron chi connectivity index (χ4n) is 2.68. The molecule has 1 atom stereocenters. The Morgan fingerprint density at radius 3 is 2.77 bits per heavy atom. The van der Waals surface area contributed by atoms with E-state index in [1.165, 1.54) is 24.0 Å². The maximum Gasteiger partial charge on any atom is 0.325 e. The summed E-state index contributed by atoms with van der Waals surface area (Å²) in [6.07, 6.45) is 3.67. The van der Waals surface area contributed by atoms with E-state index < -0.39 is 16.9 Å². The summed E-state index contributed by atoms with van der Waals surface area (Å²) in [6, 6.07) is 5.08. The van der Waals surface area contributed by atoms with Crippen LogP contribution in [0.2, 0.25) is 0 Å². The van der Waals surface area contributed by atoms with Crippen LogP contribution < -0.4 is 5.32 Å². The fraction of sp³-hybridized carbons (Fsp3) is 0.368. The number of unbranched alkanes of at least 4 members (excludes halogenated alkanes) is 2. The van der Waals surface area contributed by atoms with E-state index in [0.29, 0.717) is 40.6 Å². The highest BCUT2D eigenvalue weighted by Crippen LogP contribution is 2.33. The maximum absolute atomic E-state index is 12.6. The lowest BCUT2D eigenvalue weighted by Gasteiger charge is -2.14. The summed E-state index contributed by atoms with van der Waals surface area (Å²) in [7, 11) is 0. The van der Waals surface area contributed by atoms with Crippen LogP contribution in [0.5, 0.6) is 0 Å². The van der Waals surface area contributed by atoms with Gasteiger partial charge in [-0.25, -0.2) is 0 Å². The Hall–Kier alpha value is -2.79. The number of benzene rings is 1. The quantitative estimate of drug-likeness (QED) is 0.183. The number of aliphatic carboxylic acids is 1. The van der Waals surface area contributed by atoms with Crippen LogP contribution in [0.1, 0.15) is 38.2 Å². The molecule has 0 spiro atoms. The standard InChI is InChI=1S/C19H21N3O6S2/c1-12(18(25)26)20-16(23)8-3-2-4-9-21-17(24)15(30-19(21)29)11-13-6-5-7-14(10-13)22(27)28/h5-7,10-12H,2-4,8-9H2,1H3,(H,20,23)(H,25,26)/b15-11-. The molecule has 2 rings (SSSR count). The molecule has 11 heteroatoms. The molecule has 1 aromatic carbocycles. The fourth-order valence-corrected chi connectivity index (χ4v) is 3.99. The summed E-state index contributed by atoms with van der Waals surface area (Å²) in [4.78, 5) is 47.2. The summed E-state index contributed by atoms with van der Waals surface area (Å²) >= 11 is 6.42. The number of hydrogen-bond donors (Lipinski definition) is 2. The van der Waals surface area contributed by atoms with E-state index in [9.17, 15) is 24.5 Å². The van der Waals surface area contributed by atoms with E-state index in [4.69, 9.17) is 17.3 Å². The molecule has 0 aliphatic carbocycles. The van der Waals surface area contributed by atoms with Crippen molar-refractivity contribution in [2.45, 2.75) is 38.6 Å². The van der Waals surface area contributed by atoms with Gasteiger partial charge in [-0.15, -0.1) is 0 Å². The van der Waals surface area contributed by atoms with Crippen molar-refractivity contribution in [3.63, 3.8) is 0 Å². The largest absolute Gasteiger partial charge is 0.480 e. The monoisotopic (exact) mass is 451 g/mol. The van der Waals surface area contributed by atoms with Crippen LogP contribution in [-0.4, -0.2) is 49.6 Å². The molecule has 160 valence electrons. The van der Waals surface area contributed by atoms with Gasteiger partial charge in [0, 0.05) is 25.1 Å². The molecule has 2 amide bonds. The lowest BCUT2D eigenvalue weighted by molar-refractivity contribution is -0.384. The lowest BCUT2D eigenvalue weighted by atomic mass is 10.1. The van der Waals surface area contributed by atoms with Crippen molar-refractivity contribution in [1.29, 1.82) is 0 Å². The van der Waals surface area contributed by atoms with Crippen molar-refractivity contribution in [1.82, 2.24) is 10.2 Å². The van der Waals surface area contributed by atoms with Crippen LogP contribution >= 0.6 is 24.0 Å². The molecule has 1 fully saturated rings. The average Bonchev–Trinajstić information content (AvgIpc) is 2.94. The van der Waals surface area contributed by atoms with E-state index in [2.05, 4.69) is 5.32 Å². The zero-order valence-electron chi connectivity index (χ0n) is 16.2. The summed E-state index contributed by atoms with van der Waals surface area (Å²) < 4.78 is 0.421. The van der Waals surface area contributed by atoms with Gasteiger partial charge in [0.15, 0.2) is 0 Å². The summed E-state index contributed by atoms with van der Waals surface area (Å²) in [6.45, 7) is 1.81. The molecule has 1 saturated heterocycles. The number of nitrogens with zero attached hydrogens (tertiary/aromatic N) is 2. The van der Waals surface area contributed by atoms with Crippen LogP contribution in [0, 0.1) is 10.1 Å². The van der Waals surface area contributed by atoms with Gasteiger partial charge in [-0.1, -0.05) is 42.5 Å². The topological polar surface area (TPSA) is 130 Å². The molecule has 1 heterocycles. The van der Waals surface area contributed by atoms with Gasteiger partial charge in [0.1, 0.15) is 10.4 Å². The number of thiocarbonyl (C=S) groups is 1. The number of nitro benzene ring substituents is 1. The van der Waals surface area contributed by atoms with Gasteiger partial charge in [-0.05, 0) is 31.4 Å². The molecule has 0 radical (unpaired) electrons. The van der Waals surface area contributed by atoms with E-state index >= 15 is 0 Å². The Morgan fingerprint density at radius 2 is 2.10 bits per heavy atom. The molecule has 1 aliphatic rings. The Kier molecular flexibility index (Phi) is 8.48. The molecule has 0 bridgehead atoms. The number of nitrogens with one attached hydrogen (secondary N) is 1. The molecule has 0 aromatic heterocycles. The highest BCUT2D eigenvalue weighted by Gasteiger charge is 2.31. The number of non-ortho nitro benzene ring substituents is 1. The van der Waals surface area contributed by atoms with Crippen molar-refractivity contribution in [2.24, 2.45) is 0 Å². The number of thioether (sulfide) groups is 1. The number of amides is 2. The van der Waals surface area contributed by atoms with E-state index in [0.717, 1.165) is 11.8 Å². The number of hydrogen-bond acceptors (Lipinski definition) is 7. The predicted octanol–water partition coefficient (Wildman–Crippen LogP) is 2.95. The van der Waals surface area contributed by atoms with Gasteiger partial charge in [-0.2, -0.15) is 0 Å². The molecular weight excluding hydrogens is 430 g/mol. The Morgan fingerprint density at radius 1 is 1.37 bits per heavy atom. The number of carbonyl (C=O) groups excluding carboxylic acids is 2. The highest BCUT2D eigenvalue weighted by molar-refractivity contribution is 8.26. The minimum Gasteiger partial charge on any atom is -0.480 e. The van der Waals surface area contributed by atoms with E-state index in [1.807, 2.05) is 0 Å². The summed E-state index contributed by atoms with van der Waals surface area (Å²) in [5, 5.41) is 22.0. The van der Waals surface area contributed by atoms with Crippen LogP contribution in [-0.2, 0) is 14.4 Å². The van der Waals surface area contributed by atoms with Crippen LogP contribution in [0.25, 0.3) is 6.08 Å². The number of rotatable bonds is 10. The summed E-state index contributed by atoms with van der Waals surface area (Å²) in [5.41, 5.74) is 0.493. The maximum atomic E-state index is 12.6.